The molecular weight excluding hydrogens is 236 g/mol. The lowest BCUT2D eigenvalue weighted by Crippen LogP contribution is -2.38. The van der Waals surface area contributed by atoms with Crippen LogP contribution in [-0.2, 0) is 4.74 Å². The first kappa shape index (κ1) is 12.7. The number of nitrogens with zero attached hydrogens (tertiary/aromatic N) is 1. The Kier molecular flexibility index (Phi) is 4.24. The molecule has 1 aliphatic carbocycles. The SMILES string of the molecule is COC1CCCCC1Nc1c(C)ccnc1Cl. The highest BCUT2D eigenvalue weighted by Crippen LogP contribution is 2.28. The van der Waals surface area contributed by atoms with Gasteiger partial charge in [-0.3, -0.25) is 0 Å². The first-order valence-corrected chi connectivity index (χ1v) is 6.50. The van der Waals surface area contributed by atoms with E-state index in [9.17, 15) is 0 Å². The van der Waals surface area contributed by atoms with Crippen LogP contribution in [0.5, 0.6) is 0 Å². The zero-order valence-corrected chi connectivity index (χ0v) is 11.1. The second kappa shape index (κ2) is 5.69. The van der Waals surface area contributed by atoms with Gasteiger partial charge in [-0.1, -0.05) is 24.4 Å². The van der Waals surface area contributed by atoms with Gasteiger partial charge in [-0.05, 0) is 31.4 Å². The third-order valence-corrected chi connectivity index (χ3v) is 3.73. The topological polar surface area (TPSA) is 34.1 Å². The normalized spacial score (nSPS) is 24.6. The maximum atomic E-state index is 6.13. The Labute approximate surface area is 108 Å². The number of hydrogen-bond donors (Lipinski definition) is 1. The van der Waals surface area contributed by atoms with E-state index in [-0.39, 0.29) is 6.10 Å². The van der Waals surface area contributed by atoms with E-state index in [1.807, 2.05) is 13.0 Å². The Morgan fingerprint density at radius 1 is 1.41 bits per heavy atom. The summed E-state index contributed by atoms with van der Waals surface area (Å²) in [4.78, 5) is 4.12. The van der Waals surface area contributed by atoms with Crippen LogP contribution in [0.3, 0.4) is 0 Å². The Balaban J connectivity index is 2.13. The zero-order chi connectivity index (χ0) is 12.3. The molecule has 1 aromatic heterocycles. The predicted octanol–water partition coefficient (Wildman–Crippen LogP) is 3.41. The lowest BCUT2D eigenvalue weighted by molar-refractivity contribution is 0.0606. The van der Waals surface area contributed by atoms with E-state index in [1.165, 1.54) is 12.8 Å². The number of nitrogens with one attached hydrogen (secondary N) is 1. The van der Waals surface area contributed by atoms with Crippen molar-refractivity contribution in [2.24, 2.45) is 0 Å². The number of rotatable bonds is 3. The van der Waals surface area contributed by atoms with Crippen molar-refractivity contribution in [3.63, 3.8) is 0 Å². The lowest BCUT2D eigenvalue weighted by atomic mass is 9.92. The Hall–Kier alpha value is -0.800. The van der Waals surface area contributed by atoms with Crippen molar-refractivity contribution in [3.05, 3.63) is 23.0 Å². The van der Waals surface area contributed by atoms with Crippen molar-refractivity contribution in [2.45, 2.75) is 44.8 Å². The molecule has 4 heteroatoms. The van der Waals surface area contributed by atoms with Crippen molar-refractivity contribution < 1.29 is 4.74 Å². The van der Waals surface area contributed by atoms with Crippen LogP contribution in [0.4, 0.5) is 5.69 Å². The van der Waals surface area contributed by atoms with Crippen LogP contribution >= 0.6 is 11.6 Å². The maximum absolute atomic E-state index is 6.13. The van der Waals surface area contributed by atoms with Crippen molar-refractivity contribution in [3.8, 4) is 0 Å². The van der Waals surface area contributed by atoms with Crippen LogP contribution in [0.1, 0.15) is 31.2 Å². The number of aryl methyl sites for hydroxylation is 1. The minimum atomic E-state index is 0.277. The summed E-state index contributed by atoms with van der Waals surface area (Å²) in [5.41, 5.74) is 2.08. The smallest absolute Gasteiger partial charge is 0.152 e. The van der Waals surface area contributed by atoms with E-state index < -0.39 is 0 Å². The fraction of sp³-hybridized carbons (Fsp3) is 0.615. The van der Waals surface area contributed by atoms with Gasteiger partial charge in [-0.25, -0.2) is 4.98 Å². The van der Waals surface area contributed by atoms with E-state index >= 15 is 0 Å². The van der Waals surface area contributed by atoms with Crippen molar-refractivity contribution >= 4 is 17.3 Å². The molecule has 0 amide bonds. The van der Waals surface area contributed by atoms with Gasteiger partial charge in [0.15, 0.2) is 5.15 Å². The third-order valence-electron chi connectivity index (χ3n) is 3.45. The molecule has 17 heavy (non-hydrogen) atoms. The predicted molar refractivity (Wildman–Crippen MR) is 70.7 cm³/mol. The van der Waals surface area contributed by atoms with Crippen LogP contribution in [0.2, 0.25) is 5.15 Å². The summed E-state index contributed by atoms with van der Waals surface area (Å²) < 4.78 is 5.53. The van der Waals surface area contributed by atoms with Crippen molar-refractivity contribution in [1.82, 2.24) is 4.98 Å². The lowest BCUT2D eigenvalue weighted by Gasteiger charge is -2.32. The average Bonchev–Trinajstić information content (AvgIpc) is 2.34. The number of anilines is 1. The molecule has 0 spiro atoms. The maximum Gasteiger partial charge on any atom is 0.152 e. The Morgan fingerprint density at radius 2 is 2.18 bits per heavy atom. The van der Waals surface area contributed by atoms with Gasteiger partial charge >= 0.3 is 0 Å². The van der Waals surface area contributed by atoms with Crippen LogP contribution < -0.4 is 5.32 Å². The summed E-state index contributed by atoms with van der Waals surface area (Å²) in [6.45, 7) is 2.04. The van der Waals surface area contributed by atoms with Gasteiger partial charge in [-0.2, -0.15) is 0 Å². The Morgan fingerprint density at radius 3 is 2.88 bits per heavy atom. The summed E-state index contributed by atoms with van der Waals surface area (Å²) >= 11 is 6.13. The van der Waals surface area contributed by atoms with Gasteiger partial charge in [-0.15, -0.1) is 0 Å². The van der Waals surface area contributed by atoms with Crippen LogP contribution in [-0.4, -0.2) is 24.2 Å². The standard InChI is InChI=1S/C13H19ClN2O/c1-9-7-8-15-13(14)12(9)16-10-5-3-4-6-11(10)17-2/h7-8,10-11,16H,3-6H2,1-2H3. The van der Waals surface area contributed by atoms with E-state index in [2.05, 4.69) is 10.3 Å². The second-order valence-corrected chi connectivity index (χ2v) is 4.96. The largest absolute Gasteiger partial charge is 0.379 e. The molecule has 1 heterocycles. The number of pyridine rings is 1. The molecule has 0 radical (unpaired) electrons. The second-order valence-electron chi connectivity index (χ2n) is 4.60. The first-order valence-electron chi connectivity index (χ1n) is 6.13. The van der Waals surface area contributed by atoms with Gasteiger partial charge in [0.05, 0.1) is 17.8 Å². The molecule has 0 aromatic carbocycles. The molecule has 1 saturated carbocycles. The summed E-state index contributed by atoms with van der Waals surface area (Å²) in [7, 11) is 1.78. The van der Waals surface area contributed by atoms with Crippen LogP contribution in [0, 0.1) is 6.92 Å². The molecule has 2 atom stereocenters. The summed E-state index contributed by atoms with van der Waals surface area (Å²) in [6.07, 6.45) is 6.75. The van der Waals surface area contributed by atoms with Gasteiger partial charge in [0.1, 0.15) is 0 Å². The third kappa shape index (κ3) is 2.90. The first-order chi connectivity index (χ1) is 8.22. The van der Waals surface area contributed by atoms with E-state index in [0.717, 1.165) is 24.1 Å². The minimum absolute atomic E-state index is 0.277. The van der Waals surface area contributed by atoms with Gasteiger partial charge < -0.3 is 10.1 Å². The highest BCUT2D eigenvalue weighted by Gasteiger charge is 2.25. The minimum Gasteiger partial charge on any atom is -0.379 e. The van der Waals surface area contributed by atoms with E-state index in [0.29, 0.717) is 11.2 Å². The summed E-state index contributed by atoms with van der Waals surface area (Å²) in [6, 6.07) is 2.31. The molecule has 0 bridgehead atoms. The molecule has 0 aliphatic heterocycles. The molecular formula is C13H19ClN2O. The van der Waals surface area contributed by atoms with Crippen LogP contribution in [0.15, 0.2) is 12.3 Å². The number of hydrogen-bond acceptors (Lipinski definition) is 3. The monoisotopic (exact) mass is 254 g/mol. The highest BCUT2D eigenvalue weighted by molar-refractivity contribution is 6.32. The molecule has 1 aliphatic rings. The number of methoxy groups -OCH3 is 1. The Bertz CT molecular complexity index is 363. The summed E-state index contributed by atoms with van der Waals surface area (Å²) in [5.74, 6) is 0. The molecule has 94 valence electrons. The van der Waals surface area contributed by atoms with Crippen molar-refractivity contribution in [2.75, 3.05) is 12.4 Å². The number of ether oxygens (including phenoxy) is 1. The zero-order valence-electron chi connectivity index (χ0n) is 10.4. The quantitative estimate of drug-likeness (QED) is 0.840. The number of aromatic nitrogens is 1. The van der Waals surface area contributed by atoms with Crippen LogP contribution in [0.25, 0.3) is 0 Å². The van der Waals surface area contributed by atoms with Gasteiger partial charge in [0, 0.05) is 13.3 Å². The molecule has 2 unspecified atom stereocenters. The number of halogens is 1. The molecule has 1 aromatic rings. The van der Waals surface area contributed by atoms with Gasteiger partial charge in [0.2, 0.25) is 0 Å². The fourth-order valence-corrected chi connectivity index (χ4v) is 2.69. The summed E-state index contributed by atoms with van der Waals surface area (Å²) in [5, 5.41) is 4.05. The fourth-order valence-electron chi connectivity index (χ4n) is 2.43. The van der Waals surface area contributed by atoms with Crippen molar-refractivity contribution in [1.29, 1.82) is 0 Å². The molecule has 0 saturated heterocycles. The molecule has 2 rings (SSSR count). The van der Waals surface area contributed by atoms with E-state index in [1.54, 1.807) is 13.3 Å². The van der Waals surface area contributed by atoms with Gasteiger partial charge in [0.25, 0.3) is 0 Å². The molecule has 3 nitrogen and oxygen atoms in total. The molecule has 1 fully saturated rings. The van der Waals surface area contributed by atoms with E-state index in [4.69, 9.17) is 16.3 Å². The average molecular weight is 255 g/mol. The highest BCUT2D eigenvalue weighted by atomic mass is 35.5. The molecule has 1 N–H and O–H groups in total.